The van der Waals surface area contributed by atoms with E-state index in [0.717, 1.165) is 5.39 Å². The van der Waals surface area contributed by atoms with Gasteiger partial charge in [-0.15, -0.1) is 0 Å². The van der Waals surface area contributed by atoms with Crippen molar-refractivity contribution in [2.45, 2.75) is 0 Å². The van der Waals surface area contributed by atoms with E-state index in [9.17, 15) is 4.79 Å². The Balaban J connectivity index is 1.59. The van der Waals surface area contributed by atoms with Gasteiger partial charge in [0.05, 0.1) is 12.0 Å². The van der Waals surface area contributed by atoms with Crippen LogP contribution >= 0.6 is 11.6 Å². The van der Waals surface area contributed by atoms with Crippen LogP contribution in [0.4, 0.5) is 5.69 Å². The first-order chi connectivity index (χ1) is 14.7. The topological polar surface area (TPSA) is 67.9 Å². The minimum Gasteiger partial charge on any atom is -0.465 e. The predicted octanol–water partition coefficient (Wildman–Crippen LogP) is 5.30. The van der Waals surface area contributed by atoms with Crippen molar-refractivity contribution in [3.05, 3.63) is 95.7 Å². The van der Waals surface area contributed by atoms with Gasteiger partial charge < -0.3 is 9.15 Å². The number of amides is 1. The minimum absolute atomic E-state index is 0.123. The Morgan fingerprint density at radius 1 is 1.00 bits per heavy atom. The van der Waals surface area contributed by atoms with Crippen molar-refractivity contribution in [3.8, 4) is 5.75 Å². The number of pyridine rings is 1. The molecule has 0 bridgehead atoms. The van der Waals surface area contributed by atoms with E-state index in [1.54, 1.807) is 54.7 Å². The number of hydrogen-bond donors (Lipinski definition) is 0. The number of ether oxygens (including phenoxy) is 1. The van der Waals surface area contributed by atoms with Crippen LogP contribution in [0.2, 0.25) is 5.02 Å². The molecule has 1 aliphatic rings. The number of hydrogen-bond acceptors (Lipinski definition) is 5. The molecule has 0 spiro atoms. The van der Waals surface area contributed by atoms with Crippen molar-refractivity contribution in [3.63, 3.8) is 0 Å². The van der Waals surface area contributed by atoms with Crippen molar-refractivity contribution in [1.29, 1.82) is 0 Å². The second kappa shape index (κ2) is 7.50. The third kappa shape index (κ3) is 3.33. The van der Waals surface area contributed by atoms with Crippen molar-refractivity contribution in [2.75, 3.05) is 4.90 Å². The van der Waals surface area contributed by atoms with Crippen LogP contribution < -0.4 is 9.64 Å². The van der Waals surface area contributed by atoms with E-state index >= 15 is 0 Å². The van der Waals surface area contributed by atoms with Gasteiger partial charge in [-0.05, 0) is 48.5 Å². The molecule has 6 nitrogen and oxygen atoms in total. The van der Waals surface area contributed by atoms with Gasteiger partial charge in [-0.3, -0.25) is 9.78 Å². The van der Waals surface area contributed by atoms with Crippen LogP contribution in [0, 0.1) is 0 Å². The quantitative estimate of drug-likeness (QED) is 0.425. The molecule has 0 unspecified atom stereocenters. The molecule has 0 saturated carbocycles. The summed E-state index contributed by atoms with van der Waals surface area (Å²) in [7, 11) is 0. The Morgan fingerprint density at radius 2 is 1.83 bits per heavy atom. The van der Waals surface area contributed by atoms with Crippen LogP contribution in [-0.2, 0) is 4.79 Å². The lowest BCUT2D eigenvalue weighted by Crippen LogP contribution is -2.35. The SMILES string of the molecule is O=C1C(=Cc2ccco2)N=C(Oc2cccc3cccnc23)N1c1ccc(Cl)cc1. The molecule has 0 N–H and O–H groups in total. The number of para-hydroxylation sites is 1. The van der Waals surface area contributed by atoms with E-state index in [0.29, 0.717) is 27.7 Å². The molecule has 30 heavy (non-hydrogen) atoms. The van der Waals surface area contributed by atoms with E-state index in [1.165, 1.54) is 11.2 Å². The van der Waals surface area contributed by atoms with Gasteiger partial charge >= 0.3 is 6.02 Å². The van der Waals surface area contributed by atoms with Gasteiger partial charge in [0.15, 0.2) is 5.75 Å². The summed E-state index contributed by atoms with van der Waals surface area (Å²) in [5.41, 5.74) is 1.46. The number of rotatable bonds is 3. The predicted molar refractivity (Wildman–Crippen MR) is 115 cm³/mol. The fraction of sp³-hybridized carbons (Fsp3) is 0. The van der Waals surface area contributed by atoms with Crippen LogP contribution in [0.5, 0.6) is 5.75 Å². The fourth-order valence-corrected chi connectivity index (χ4v) is 3.27. The van der Waals surface area contributed by atoms with E-state index in [1.807, 2.05) is 24.3 Å². The van der Waals surface area contributed by atoms with E-state index < -0.39 is 0 Å². The summed E-state index contributed by atoms with van der Waals surface area (Å²) in [5, 5.41) is 1.48. The number of anilines is 1. The molecule has 0 radical (unpaired) electrons. The maximum absolute atomic E-state index is 13.2. The van der Waals surface area contributed by atoms with Crippen LogP contribution in [0.1, 0.15) is 5.76 Å². The second-order valence-electron chi connectivity index (χ2n) is 6.49. The van der Waals surface area contributed by atoms with E-state index in [-0.39, 0.29) is 17.6 Å². The van der Waals surface area contributed by atoms with Gasteiger partial charge in [0.2, 0.25) is 0 Å². The summed E-state index contributed by atoms with van der Waals surface area (Å²) in [4.78, 5) is 23.4. The van der Waals surface area contributed by atoms with Crippen LogP contribution in [0.3, 0.4) is 0 Å². The van der Waals surface area contributed by atoms with Gasteiger partial charge in [-0.2, -0.15) is 4.99 Å². The number of furan rings is 1. The normalized spacial score (nSPS) is 15.1. The van der Waals surface area contributed by atoms with Gasteiger partial charge in [0, 0.05) is 22.7 Å². The number of fused-ring (bicyclic) bond motifs is 1. The summed E-state index contributed by atoms with van der Waals surface area (Å²) in [6.07, 6.45) is 4.80. The van der Waals surface area contributed by atoms with Gasteiger partial charge in [-0.1, -0.05) is 29.8 Å². The molecule has 0 aliphatic carbocycles. The molecule has 2 aromatic heterocycles. The van der Waals surface area contributed by atoms with Crippen molar-refractivity contribution in [2.24, 2.45) is 4.99 Å². The lowest BCUT2D eigenvalue weighted by atomic mass is 10.2. The first-order valence-electron chi connectivity index (χ1n) is 9.14. The zero-order chi connectivity index (χ0) is 20.5. The van der Waals surface area contributed by atoms with Crippen LogP contribution in [0.25, 0.3) is 17.0 Å². The highest BCUT2D eigenvalue weighted by atomic mass is 35.5. The summed E-state index contributed by atoms with van der Waals surface area (Å²) in [6, 6.07) is 19.9. The molecule has 1 amide bonds. The zero-order valence-corrected chi connectivity index (χ0v) is 16.3. The number of aliphatic imine (C=N–C) groups is 1. The van der Waals surface area contributed by atoms with Crippen molar-refractivity contribution < 1.29 is 13.9 Å². The number of carbonyl (C=O) groups excluding carboxylic acids is 1. The summed E-state index contributed by atoms with van der Waals surface area (Å²) >= 11 is 6.01. The maximum atomic E-state index is 13.2. The molecule has 2 aromatic carbocycles. The molecule has 4 aromatic rings. The summed E-state index contributed by atoms with van der Waals surface area (Å²) < 4.78 is 11.4. The average molecular weight is 416 g/mol. The number of benzene rings is 2. The molecule has 146 valence electrons. The molecule has 5 rings (SSSR count). The Kier molecular flexibility index (Phi) is 4.53. The number of aromatic nitrogens is 1. The van der Waals surface area contributed by atoms with Gasteiger partial charge in [-0.25, -0.2) is 4.90 Å². The standard InChI is InChI=1S/C23H14ClN3O3/c24-16-8-10-17(11-9-16)27-22(28)19(14-18-6-3-13-29-18)26-23(27)30-20-7-1-4-15-5-2-12-25-21(15)20/h1-14H. The Hall–Kier alpha value is -3.90. The fourth-order valence-electron chi connectivity index (χ4n) is 3.15. The first kappa shape index (κ1) is 18.1. The van der Waals surface area contributed by atoms with Crippen molar-refractivity contribution in [1.82, 2.24) is 4.98 Å². The Labute approximate surface area is 176 Å². The summed E-state index contributed by atoms with van der Waals surface area (Å²) in [6.45, 7) is 0. The molecule has 0 fully saturated rings. The van der Waals surface area contributed by atoms with E-state index in [4.69, 9.17) is 20.8 Å². The first-order valence-corrected chi connectivity index (χ1v) is 9.52. The third-order valence-electron chi connectivity index (χ3n) is 4.53. The number of amidine groups is 1. The molecular formula is C23H14ClN3O3. The number of carbonyl (C=O) groups is 1. The molecule has 0 atom stereocenters. The van der Waals surface area contributed by atoms with Crippen LogP contribution in [0.15, 0.2) is 94.3 Å². The number of nitrogens with zero attached hydrogens (tertiary/aromatic N) is 3. The Morgan fingerprint density at radius 3 is 2.63 bits per heavy atom. The average Bonchev–Trinajstić information content (AvgIpc) is 3.38. The molecule has 0 saturated heterocycles. The summed E-state index contributed by atoms with van der Waals surface area (Å²) in [5.74, 6) is 0.681. The second-order valence-corrected chi connectivity index (χ2v) is 6.93. The maximum Gasteiger partial charge on any atom is 0.310 e. The molecule has 3 heterocycles. The molecular weight excluding hydrogens is 402 g/mol. The van der Waals surface area contributed by atoms with Gasteiger partial charge in [0.25, 0.3) is 5.91 Å². The minimum atomic E-state index is -0.336. The van der Waals surface area contributed by atoms with Crippen LogP contribution in [-0.4, -0.2) is 16.9 Å². The highest BCUT2D eigenvalue weighted by Gasteiger charge is 2.34. The zero-order valence-electron chi connectivity index (χ0n) is 15.5. The lowest BCUT2D eigenvalue weighted by Gasteiger charge is -2.18. The largest absolute Gasteiger partial charge is 0.465 e. The van der Waals surface area contributed by atoms with E-state index in [2.05, 4.69) is 9.98 Å². The Bertz CT molecular complexity index is 1290. The highest BCUT2D eigenvalue weighted by Crippen LogP contribution is 2.30. The monoisotopic (exact) mass is 415 g/mol. The lowest BCUT2D eigenvalue weighted by molar-refractivity contribution is -0.113. The van der Waals surface area contributed by atoms with Crippen molar-refractivity contribution >= 4 is 46.2 Å². The molecule has 7 heteroatoms. The highest BCUT2D eigenvalue weighted by molar-refractivity contribution is 6.31. The van der Waals surface area contributed by atoms with Gasteiger partial charge in [0.1, 0.15) is 17.0 Å². The smallest absolute Gasteiger partial charge is 0.310 e. The third-order valence-corrected chi connectivity index (χ3v) is 4.79. The number of halogens is 1. The molecule has 1 aliphatic heterocycles.